The minimum atomic E-state index is -4.35. The number of aromatic nitrogens is 2. The highest BCUT2D eigenvalue weighted by Crippen LogP contribution is 2.29. The average molecular weight is 207 g/mol. The highest BCUT2D eigenvalue weighted by Gasteiger charge is 2.34. The van der Waals surface area contributed by atoms with E-state index in [2.05, 4.69) is 4.98 Å². The number of hydrogen-bond acceptors (Lipinski definition) is 2. The molecule has 0 aliphatic heterocycles. The van der Waals surface area contributed by atoms with Crippen molar-refractivity contribution in [3.63, 3.8) is 0 Å². The van der Waals surface area contributed by atoms with Crippen molar-refractivity contribution in [1.82, 2.24) is 9.55 Å². The van der Waals surface area contributed by atoms with Gasteiger partial charge in [0.1, 0.15) is 11.5 Å². The molecule has 2 N–H and O–H groups in total. The summed E-state index contributed by atoms with van der Waals surface area (Å²) in [5, 5.41) is 0. The Morgan fingerprint density at radius 1 is 1.57 bits per heavy atom. The lowest BCUT2D eigenvalue weighted by Gasteiger charge is -2.09. The van der Waals surface area contributed by atoms with E-state index in [1.165, 1.54) is 7.05 Å². The Kier molecular flexibility index (Phi) is 2.84. The van der Waals surface area contributed by atoms with Crippen molar-refractivity contribution in [2.45, 2.75) is 25.6 Å². The third-order valence-electron chi connectivity index (χ3n) is 1.88. The summed E-state index contributed by atoms with van der Waals surface area (Å²) in [7, 11) is 1.34. The second kappa shape index (κ2) is 3.61. The van der Waals surface area contributed by atoms with Crippen molar-refractivity contribution in [3.8, 4) is 0 Å². The van der Waals surface area contributed by atoms with Gasteiger partial charge in [-0.2, -0.15) is 13.2 Å². The van der Waals surface area contributed by atoms with Gasteiger partial charge in [-0.25, -0.2) is 4.98 Å². The van der Waals surface area contributed by atoms with Gasteiger partial charge < -0.3 is 10.3 Å². The fourth-order valence-electron chi connectivity index (χ4n) is 1.19. The monoisotopic (exact) mass is 207 g/mol. The lowest BCUT2D eigenvalue weighted by Crippen LogP contribution is -2.21. The molecule has 1 atom stereocenters. The number of hydrogen-bond donors (Lipinski definition) is 1. The Morgan fingerprint density at radius 2 is 2.14 bits per heavy atom. The number of nitrogens with two attached hydrogens (primary N) is 1. The Bertz CT molecular complexity index is 314. The highest BCUT2D eigenvalue weighted by molar-refractivity contribution is 5.09. The first-order valence-corrected chi connectivity index (χ1v) is 4.15. The summed E-state index contributed by atoms with van der Waals surface area (Å²) < 4.78 is 38.0. The van der Waals surface area contributed by atoms with Gasteiger partial charge in [0.2, 0.25) is 0 Å². The fraction of sp³-hybridized carbons (Fsp3) is 0.625. The van der Waals surface area contributed by atoms with Gasteiger partial charge >= 0.3 is 6.18 Å². The second-order valence-corrected chi connectivity index (χ2v) is 3.30. The zero-order valence-electron chi connectivity index (χ0n) is 7.97. The summed E-state index contributed by atoms with van der Waals surface area (Å²) >= 11 is 0. The van der Waals surface area contributed by atoms with Crippen molar-refractivity contribution in [3.05, 3.63) is 17.7 Å². The maximum absolute atomic E-state index is 12.3. The molecule has 0 spiro atoms. The molecule has 0 aromatic carbocycles. The van der Waals surface area contributed by atoms with Crippen molar-refractivity contribution >= 4 is 0 Å². The first-order chi connectivity index (χ1) is 6.32. The average Bonchev–Trinajstić information content (AvgIpc) is 2.30. The number of rotatable bonds is 2. The quantitative estimate of drug-likeness (QED) is 0.795. The predicted molar refractivity (Wildman–Crippen MR) is 45.6 cm³/mol. The van der Waals surface area contributed by atoms with Gasteiger partial charge in [-0.05, 0) is 6.92 Å². The van der Waals surface area contributed by atoms with Crippen LogP contribution in [0.2, 0.25) is 0 Å². The van der Waals surface area contributed by atoms with Gasteiger partial charge in [0.15, 0.2) is 0 Å². The normalized spacial score (nSPS) is 14.4. The SMILES string of the molecule is CC(N)Cc1ncc(C(F)(F)F)n1C. The van der Waals surface area contributed by atoms with Crippen LogP contribution in [0.4, 0.5) is 13.2 Å². The van der Waals surface area contributed by atoms with Gasteiger partial charge in [0.05, 0.1) is 6.20 Å². The lowest BCUT2D eigenvalue weighted by atomic mass is 10.2. The molecule has 0 amide bonds. The number of imidazole rings is 1. The van der Waals surface area contributed by atoms with Crippen LogP contribution in [-0.4, -0.2) is 15.6 Å². The van der Waals surface area contributed by atoms with E-state index in [0.29, 0.717) is 12.2 Å². The molecule has 1 heterocycles. The third-order valence-corrected chi connectivity index (χ3v) is 1.88. The maximum atomic E-state index is 12.3. The van der Waals surface area contributed by atoms with Crippen LogP contribution in [0.15, 0.2) is 6.20 Å². The van der Waals surface area contributed by atoms with Crippen molar-refractivity contribution in [2.24, 2.45) is 12.8 Å². The number of nitrogens with zero attached hydrogens (tertiary/aromatic N) is 2. The molecule has 1 rings (SSSR count). The van der Waals surface area contributed by atoms with Gasteiger partial charge in [-0.15, -0.1) is 0 Å². The Morgan fingerprint density at radius 3 is 2.50 bits per heavy atom. The van der Waals surface area contributed by atoms with Crippen molar-refractivity contribution in [2.75, 3.05) is 0 Å². The van der Waals surface area contributed by atoms with E-state index in [0.717, 1.165) is 10.8 Å². The first kappa shape index (κ1) is 11.0. The molecule has 80 valence electrons. The molecule has 0 bridgehead atoms. The summed E-state index contributed by atoms with van der Waals surface area (Å²) in [6, 6.07) is -0.197. The molecule has 0 radical (unpaired) electrons. The summed E-state index contributed by atoms with van der Waals surface area (Å²) in [4.78, 5) is 3.69. The van der Waals surface area contributed by atoms with E-state index in [1.54, 1.807) is 6.92 Å². The smallest absolute Gasteiger partial charge is 0.328 e. The predicted octanol–water partition coefficient (Wildman–Crippen LogP) is 1.33. The molecule has 1 aromatic rings. The molecule has 0 saturated carbocycles. The minimum absolute atomic E-state index is 0.197. The van der Waals surface area contributed by atoms with E-state index in [-0.39, 0.29) is 6.04 Å². The maximum Gasteiger partial charge on any atom is 0.432 e. The fourth-order valence-corrected chi connectivity index (χ4v) is 1.19. The molecule has 0 saturated heterocycles. The highest BCUT2D eigenvalue weighted by atomic mass is 19.4. The molecular formula is C8H12F3N3. The van der Waals surface area contributed by atoms with E-state index < -0.39 is 11.9 Å². The summed E-state index contributed by atoms with van der Waals surface area (Å²) in [6.45, 7) is 1.72. The van der Waals surface area contributed by atoms with Crippen LogP contribution in [0.3, 0.4) is 0 Å². The van der Waals surface area contributed by atoms with E-state index in [9.17, 15) is 13.2 Å². The Labute approximate surface area is 79.7 Å². The van der Waals surface area contributed by atoms with Crippen LogP contribution < -0.4 is 5.73 Å². The van der Waals surface area contributed by atoms with Crippen molar-refractivity contribution < 1.29 is 13.2 Å². The van der Waals surface area contributed by atoms with Crippen LogP contribution >= 0.6 is 0 Å². The van der Waals surface area contributed by atoms with E-state index in [1.807, 2.05) is 0 Å². The van der Waals surface area contributed by atoms with Crippen LogP contribution in [0.25, 0.3) is 0 Å². The zero-order valence-corrected chi connectivity index (χ0v) is 7.97. The van der Waals surface area contributed by atoms with E-state index >= 15 is 0 Å². The molecule has 1 unspecified atom stereocenters. The van der Waals surface area contributed by atoms with Crippen LogP contribution in [0.5, 0.6) is 0 Å². The minimum Gasteiger partial charge on any atom is -0.328 e. The lowest BCUT2D eigenvalue weighted by molar-refractivity contribution is -0.143. The van der Waals surface area contributed by atoms with Crippen LogP contribution in [0.1, 0.15) is 18.4 Å². The zero-order chi connectivity index (χ0) is 10.9. The summed E-state index contributed by atoms with van der Waals surface area (Å²) in [5.41, 5.74) is 4.73. The first-order valence-electron chi connectivity index (χ1n) is 4.15. The Hall–Kier alpha value is -1.04. The molecule has 3 nitrogen and oxygen atoms in total. The molecule has 6 heteroatoms. The molecule has 14 heavy (non-hydrogen) atoms. The van der Waals surface area contributed by atoms with Gasteiger partial charge in [0, 0.05) is 19.5 Å². The summed E-state index contributed by atoms with van der Waals surface area (Å²) in [6.07, 6.45) is -3.18. The molecule has 0 fully saturated rings. The third kappa shape index (κ3) is 2.25. The second-order valence-electron chi connectivity index (χ2n) is 3.30. The molecule has 1 aromatic heterocycles. The number of alkyl halides is 3. The molecule has 0 aliphatic rings. The number of halogens is 3. The molecule has 0 aliphatic carbocycles. The standard InChI is InChI=1S/C8H12F3N3/c1-5(12)3-7-13-4-6(14(7)2)8(9,10)11/h4-5H,3,12H2,1-2H3. The Balaban J connectivity index is 2.97. The van der Waals surface area contributed by atoms with E-state index in [4.69, 9.17) is 5.73 Å². The van der Waals surface area contributed by atoms with Crippen LogP contribution in [-0.2, 0) is 19.6 Å². The largest absolute Gasteiger partial charge is 0.432 e. The summed E-state index contributed by atoms with van der Waals surface area (Å²) in [5.74, 6) is 0.354. The van der Waals surface area contributed by atoms with Crippen LogP contribution in [0, 0.1) is 0 Å². The van der Waals surface area contributed by atoms with Gasteiger partial charge in [-0.1, -0.05) is 0 Å². The van der Waals surface area contributed by atoms with Gasteiger partial charge in [-0.3, -0.25) is 0 Å². The van der Waals surface area contributed by atoms with Gasteiger partial charge in [0.25, 0.3) is 0 Å². The molecular weight excluding hydrogens is 195 g/mol. The topological polar surface area (TPSA) is 43.8 Å². The van der Waals surface area contributed by atoms with Crippen molar-refractivity contribution in [1.29, 1.82) is 0 Å².